The Hall–Kier alpha value is -1.32. The molecule has 1 aromatic rings. The molecular formula is C19H22Cl2FNO. The molecule has 0 heterocycles. The van der Waals surface area contributed by atoms with Gasteiger partial charge in [-0.2, -0.15) is 0 Å². The number of halogens is 3. The topological polar surface area (TPSA) is 29.1 Å². The second-order valence-corrected chi connectivity index (χ2v) is 7.42. The summed E-state index contributed by atoms with van der Waals surface area (Å²) in [5.41, 5.74) is 1.64. The van der Waals surface area contributed by atoms with Crippen molar-refractivity contribution >= 4 is 29.1 Å². The standard InChI is InChI=1S/C19H22Cl2FNO/c1-11(2)10-23-17(24)8-12(3)4-6-14-18(19(14)22)13-5-7-15(20)16(21)9-13/h4-9,11,14,18-19H,10H2,1-3H3,(H,23,24). The van der Waals surface area contributed by atoms with Gasteiger partial charge < -0.3 is 5.32 Å². The van der Waals surface area contributed by atoms with Gasteiger partial charge in [-0.05, 0) is 36.1 Å². The molecule has 3 atom stereocenters. The molecule has 0 radical (unpaired) electrons. The first kappa shape index (κ1) is 19.0. The first-order valence-corrected chi connectivity index (χ1v) is 8.78. The zero-order valence-electron chi connectivity index (χ0n) is 14.0. The SMILES string of the molecule is CC(C=CC1C(F)C1c1ccc(Cl)c(Cl)c1)=CC(=O)NCC(C)C. The van der Waals surface area contributed by atoms with E-state index in [1.807, 2.05) is 26.8 Å². The highest BCUT2D eigenvalue weighted by Gasteiger charge is 2.50. The molecule has 0 aromatic heterocycles. The van der Waals surface area contributed by atoms with Gasteiger partial charge in [-0.25, -0.2) is 4.39 Å². The zero-order chi connectivity index (χ0) is 17.9. The fourth-order valence-corrected chi connectivity index (χ4v) is 2.83. The van der Waals surface area contributed by atoms with Crippen LogP contribution in [0.25, 0.3) is 0 Å². The Morgan fingerprint density at radius 3 is 2.67 bits per heavy atom. The van der Waals surface area contributed by atoms with Crippen molar-refractivity contribution in [2.75, 3.05) is 6.54 Å². The number of rotatable bonds is 6. The van der Waals surface area contributed by atoms with Crippen LogP contribution in [-0.4, -0.2) is 18.6 Å². The number of allylic oxidation sites excluding steroid dienone is 3. The average Bonchev–Trinajstić information content (AvgIpc) is 3.16. The van der Waals surface area contributed by atoms with E-state index >= 15 is 0 Å². The normalized spacial score (nSPS) is 23.8. The molecule has 1 saturated carbocycles. The van der Waals surface area contributed by atoms with E-state index < -0.39 is 6.17 Å². The summed E-state index contributed by atoms with van der Waals surface area (Å²) in [4.78, 5) is 11.7. The van der Waals surface area contributed by atoms with Crippen LogP contribution in [0.3, 0.4) is 0 Å². The van der Waals surface area contributed by atoms with Crippen molar-refractivity contribution in [2.24, 2.45) is 11.8 Å². The lowest BCUT2D eigenvalue weighted by molar-refractivity contribution is -0.116. The summed E-state index contributed by atoms with van der Waals surface area (Å²) in [5.74, 6) is -0.105. The van der Waals surface area contributed by atoms with Crippen LogP contribution in [0.1, 0.15) is 32.3 Å². The average molecular weight is 370 g/mol. The van der Waals surface area contributed by atoms with Crippen LogP contribution < -0.4 is 5.32 Å². The van der Waals surface area contributed by atoms with Gasteiger partial charge in [0.15, 0.2) is 0 Å². The highest BCUT2D eigenvalue weighted by atomic mass is 35.5. The third-order valence-corrected chi connectivity index (χ3v) is 4.68. The summed E-state index contributed by atoms with van der Waals surface area (Å²) in [6.07, 6.45) is 4.22. The van der Waals surface area contributed by atoms with Crippen LogP contribution in [0.15, 0.2) is 42.0 Å². The van der Waals surface area contributed by atoms with Crippen molar-refractivity contribution in [3.8, 4) is 0 Å². The van der Waals surface area contributed by atoms with E-state index in [4.69, 9.17) is 23.2 Å². The van der Waals surface area contributed by atoms with E-state index in [0.717, 1.165) is 11.1 Å². The molecule has 0 aliphatic heterocycles. The van der Waals surface area contributed by atoms with Crippen LogP contribution in [0.5, 0.6) is 0 Å². The molecule has 3 unspecified atom stereocenters. The summed E-state index contributed by atoms with van der Waals surface area (Å²) in [6.45, 7) is 6.54. The fourth-order valence-electron chi connectivity index (χ4n) is 2.52. The molecule has 0 saturated heterocycles. The lowest BCUT2D eigenvalue weighted by atomic mass is 10.1. The minimum Gasteiger partial charge on any atom is -0.352 e. The van der Waals surface area contributed by atoms with Gasteiger partial charge in [0.2, 0.25) is 5.91 Å². The third-order valence-electron chi connectivity index (χ3n) is 3.94. The minimum absolute atomic E-state index is 0.125. The monoisotopic (exact) mass is 369 g/mol. The smallest absolute Gasteiger partial charge is 0.244 e. The van der Waals surface area contributed by atoms with Crippen molar-refractivity contribution in [1.29, 1.82) is 0 Å². The van der Waals surface area contributed by atoms with Crippen molar-refractivity contribution in [3.05, 3.63) is 57.6 Å². The number of benzene rings is 1. The van der Waals surface area contributed by atoms with Gasteiger partial charge >= 0.3 is 0 Å². The van der Waals surface area contributed by atoms with Crippen LogP contribution >= 0.6 is 23.2 Å². The van der Waals surface area contributed by atoms with Crippen molar-refractivity contribution in [2.45, 2.75) is 32.9 Å². The Bertz CT molecular complexity index is 669. The van der Waals surface area contributed by atoms with E-state index in [-0.39, 0.29) is 17.7 Å². The number of carbonyl (C=O) groups is 1. The molecule has 24 heavy (non-hydrogen) atoms. The predicted molar refractivity (Wildman–Crippen MR) is 98.3 cm³/mol. The summed E-state index contributed by atoms with van der Waals surface area (Å²) in [5, 5.41) is 3.73. The number of hydrogen-bond donors (Lipinski definition) is 1. The first-order valence-electron chi connectivity index (χ1n) is 8.03. The van der Waals surface area contributed by atoms with Gasteiger partial charge in [-0.1, -0.05) is 55.3 Å². The number of alkyl halides is 1. The van der Waals surface area contributed by atoms with E-state index in [1.165, 1.54) is 6.08 Å². The second-order valence-electron chi connectivity index (χ2n) is 6.61. The molecule has 2 nitrogen and oxygen atoms in total. The van der Waals surface area contributed by atoms with Crippen molar-refractivity contribution in [1.82, 2.24) is 5.32 Å². The number of nitrogens with one attached hydrogen (secondary N) is 1. The highest BCUT2D eigenvalue weighted by Crippen LogP contribution is 2.52. The third kappa shape index (κ3) is 5.09. The maximum Gasteiger partial charge on any atom is 0.244 e. The van der Waals surface area contributed by atoms with E-state index in [0.29, 0.717) is 22.5 Å². The lowest BCUT2D eigenvalue weighted by Crippen LogP contribution is -2.25. The summed E-state index contributed by atoms with van der Waals surface area (Å²) < 4.78 is 14.1. The maximum absolute atomic E-state index is 14.1. The molecule has 1 amide bonds. The number of amides is 1. The molecule has 1 fully saturated rings. The Kier molecular flexibility index (Phi) is 6.47. The molecule has 2 rings (SSSR count). The lowest BCUT2D eigenvalue weighted by Gasteiger charge is -2.04. The molecule has 1 aliphatic rings. The molecule has 130 valence electrons. The van der Waals surface area contributed by atoms with Gasteiger partial charge in [0.05, 0.1) is 10.0 Å². The largest absolute Gasteiger partial charge is 0.352 e. The van der Waals surface area contributed by atoms with Crippen molar-refractivity contribution in [3.63, 3.8) is 0 Å². The predicted octanol–water partition coefficient (Wildman–Crippen LogP) is 5.32. The quantitative estimate of drug-likeness (QED) is 0.533. The van der Waals surface area contributed by atoms with Crippen LogP contribution in [0, 0.1) is 11.8 Å². The molecule has 0 spiro atoms. The van der Waals surface area contributed by atoms with E-state index in [1.54, 1.807) is 24.3 Å². The maximum atomic E-state index is 14.1. The van der Waals surface area contributed by atoms with E-state index in [9.17, 15) is 9.18 Å². The molecule has 5 heteroatoms. The summed E-state index contributed by atoms with van der Waals surface area (Å²) in [7, 11) is 0. The Morgan fingerprint density at radius 1 is 1.33 bits per heavy atom. The summed E-state index contributed by atoms with van der Waals surface area (Å²) in [6, 6.07) is 5.22. The fraction of sp³-hybridized carbons (Fsp3) is 0.421. The Labute approximate surface area is 152 Å². The van der Waals surface area contributed by atoms with Crippen molar-refractivity contribution < 1.29 is 9.18 Å². The van der Waals surface area contributed by atoms with E-state index in [2.05, 4.69) is 5.32 Å². The van der Waals surface area contributed by atoms with Crippen LogP contribution in [-0.2, 0) is 4.79 Å². The molecule has 1 aliphatic carbocycles. The molecule has 0 bridgehead atoms. The van der Waals surface area contributed by atoms with Gasteiger partial charge in [-0.3, -0.25) is 4.79 Å². The van der Waals surface area contributed by atoms with Crippen LogP contribution in [0.4, 0.5) is 4.39 Å². The number of hydrogen-bond acceptors (Lipinski definition) is 1. The van der Waals surface area contributed by atoms with Gasteiger partial charge in [0, 0.05) is 24.5 Å². The summed E-state index contributed by atoms with van der Waals surface area (Å²) >= 11 is 11.9. The molecule has 1 aromatic carbocycles. The van der Waals surface area contributed by atoms with Crippen LogP contribution in [0.2, 0.25) is 10.0 Å². The molecular weight excluding hydrogens is 348 g/mol. The Balaban J connectivity index is 1.94. The van der Waals surface area contributed by atoms with Gasteiger partial charge in [-0.15, -0.1) is 0 Å². The Morgan fingerprint density at radius 2 is 2.04 bits per heavy atom. The highest BCUT2D eigenvalue weighted by molar-refractivity contribution is 6.42. The molecule has 1 N–H and O–H groups in total. The zero-order valence-corrected chi connectivity index (χ0v) is 15.5. The van der Waals surface area contributed by atoms with Gasteiger partial charge in [0.1, 0.15) is 6.17 Å². The number of carbonyl (C=O) groups excluding carboxylic acids is 1. The second kappa shape index (κ2) is 8.17. The van der Waals surface area contributed by atoms with Gasteiger partial charge in [0.25, 0.3) is 0 Å². The first-order chi connectivity index (χ1) is 11.3. The minimum atomic E-state index is -0.930.